The van der Waals surface area contributed by atoms with E-state index < -0.39 is 0 Å². The average molecular weight is 337 g/mol. The summed E-state index contributed by atoms with van der Waals surface area (Å²) in [5.41, 5.74) is 7.24. The zero-order valence-corrected chi connectivity index (χ0v) is 13.4. The van der Waals surface area contributed by atoms with Crippen molar-refractivity contribution in [1.82, 2.24) is 15.2 Å². The second-order valence-electron chi connectivity index (χ2n) is 4.17. The Kier molecular flexibility index (Phi) is 4.04. The molecule has 1 amide bonds. The van der Waals surface area contributed by atoms with Gasteiger partial charge in [0, 0.05) is 5.69 Å². The van der Waals surface area contributed by atoms with Gasteiger partial charge in [-0.1, -0.05) is 34.4 Å². The molecule has 0 saturated heterocycles. The fourth-order valence-electron chi connectivity index (χ4n) is 1.61. The number of aromatic nitrogens is 3. The van der Waals surface area contributed by atoms with E-state index in [1.54, 1.807) is 6.07 Å². The molecular weight excluding hydrogens is 326 g/mol. The van der Waals surface area contributed by atoms with E-state index in [1.165, 1.54) is 34.4 Å². The Morgan fingerprint density at radius 2 is 2.24 bits per heavy atom. The summed E-state index contributed by atoms with van der Waals surface area (Å²) >= 11 is 4.25. The number of anilines is 2. The third-order valence-electron chi connectivity index (χ3n) is 2.49. The van der Waals surface area contributed by atoms with Gasteiger partial charge in [-0.15, -0.1) is 10.2 Å². The average Bonchev–Trinajstić information content (AvgIpc) is 3.01. The van der Waals surface area contributed by atoms with Crippen LogP contribution in [0.25, 0.3) is 10.2 Å². The Balaban J connectivity index is 1.63. The molecule has 0 aliphatic carbocycles. The van der Waals surface area contributed by atoms with E-state index in [-0.39, 0.29) is 11.7 Å². The first-order valence-electron chi connectivity index (χ1n) is 5.99. The number of thioether (sulfide) groups is 1. The molecule has 3 rings (SSSR count). The standard InChI is InChI=1S/C12H11N5OS3/c1-6-16-17-12(20-6)19-5-10(18)15-11-14-8-3-2-7(13)4-9(8)21-11/h2-4H,5,13H2,1H3,(H,14,15,18). The van der Waals surface area contributed by atoms with Gasteiger partial charge >= 0.3 is 0 Å². The third kappa shape index (κ3) is 3.49. The van der Waals surface area contributed by atoms with E-state index in [0.717, 1.165) is 19.6 Å². The second kappa shape index (κ2) is 5.96. The predicted molar refractivity (Wildman–Crippen MR) is 88.0 cm³/mol. The van der Waals surface area contributed by atoms with Crippen molar-refractivity contribution < 1.29 is 4.79 Å². The van der Waals surface area contributed by atoms with Crippen molar-refractivity contribution in [2.24, 2.45) is 0 Å². The van der Waals surface area contributed by atoms with Gasteiger partial charge in [-0.25, -0.2) is 4.98 Å². The largest absolute Gasteiger partial charge is 0.399 e. The molecule has 2 aromatic heterocycles. The van der Waals surface area contributed by atoms with Crippen molar-refractivity contribution in [3.63, 3.8) is 0 Å². The highest BCUT2D eigenvalue weighted by atomic mass is 32.2. The smallest absolute Gasteiger partial charge is 0.236 e. The van der Waals surface area contributed by atoms with Crippen LogP contribution in [0.5, 0.6) is 0 Å². The molecule has 0 spiro atoms. The third-order valence-corrected chi connectivity index (χ3v) is 5.40. The van der Waals surface area contributed by atoms with E-state index in [1.807, 2.05) is 19.1 Å². The minimum absolute atomic E-state index is 0.111. The number of amides is 1. The topological polar surface area (TPSA) is 93.8 Å². The van der Waals surface area contributed by atoms with Crippen LogP contribution >= 0.6 is 34.4 Å². The number of benzene rings is 1. The predicted octanol–water partition coefficient (Wildman–Crippen LogP) is 2.77. The van der Waals surface area contributed by atoms with Gasteiger partial charge in [0.15, 0.2) is 9.47 Å². The van der Waals surface area contributed by atoms with E-state index in [2.05, 4.69) is 20.5 Å². The van der Waals surface area contributed by atoms with E-state index in [0.29, 0.717) is 10.8 Å². The molecule has 9 heteroatoms. The van der Waals surface area contributed by atoms with Crippen molar-refractivity contribution in [1.29, 1.82) is 0 Å². The molecule has 0 bridgehead atoms. The number of aryl methyl sites for hydroxylation is 1. The lowest BCUT2D eigenvalue weighted by atomic mass is 10.3. The highest BCUT2D eigenvalue weighted by molar-refractivity contribution is 8.01. The maximum atomic E-state index is 11.9. The SMILES string of the molecule is Cc1nnc(SCC(=O)Nc2nc3ccc(N)cc3s2)s1. The van der Waals surface area contributed by atoms with Crippen molar-refractivity contribution in [3.8, 4) is 0 Å². The molecule has 1 aromatic carbocycles. The first-order valence-corrected chi connectivity index (χ1v) is 8.61. The van der Waals surface area contributed by atoms with E-state index in [9.17, 15) is 4.79 Å². The quantitative estimate of drug-likeness (QED) is 0.561. The highest BCUT2D eigenvalue weighted by Crippen LogP contribution is 2.28. The zero-order valence-electron chi connectivity index (χ0n) is 11.0. The normalized spacial score (nSPS) is 10.9. The maximum absolute atomic E-state index is 11.9. The highest BCUT2D eigenvalue weighted by Gasteiger charge is 2.10. The van der Waals surface area contributed by atoms with Crippen molar-refractivity contribution in [2.75, 3.05) is 16.8 Å². The van der Waals surface area contributed by atoms with Gasteiger partial charge in [0.05, 0.1) is 16.0 Å². The van der Waals surface area contributed by atoms with Gasteiger partial charge in [0.1, 0.15) is 5.01 Å². The summed E-state index contributed by atoms with van der Waals surface area (Å²) in [7, 11) is 0. The van der Waals surface area contributed by atoms with Gasteiger partial charge in [0.2, 0.25) is 5.91 Å². The molecule has 0 aliphatic rings. The van der Waals surface area contributed by atoms with Crippen molar-refractivity contribution in [3.05, 3.63) is 23.2 Å². The van der Waals surface area contributed by atoms with Crippen molar-refractivity contribution >= 4 is 61.4 Å². The Labute approximate surface area is 132 Å². The molecule has 3 N–H and O–H groups in total. The van der Waals surface area contributed by atoms with Crippen LogP contribution in [0.2, 0.25) is 0 Å². The maximum Gasteiger partial charge on any atom is 0.236 e. The number of rotatable bonds is 4. The van der Waals surface area contributed by atoms with Crippen LogP contribution in [0.4, 0.5) is 10.8 Å². The van der Waals surface area contributed by atoms with Crippen LogP contribution in [0.1, 0.15) is 5.01 Å². The summed E-state index contributed by atoms with van der Waals surface area (Å²) in [6.45, 7) is 1.88. The summed E-state index contributed by atoms with van der Waals surface area (Å²) < 4.78 is 1.75. The molecule has 2 heterocycles. The molecule has 3 aromatic rings. The molecule has 0 unspecified atom stereocenters. The lowest BCUT2D eigenvalue weighted by Crippen LogP contribution is -2.13. The molecule has 0 aliphatic heterocycles. The van der Waals surface area contributed by atoms with Crippen LogP contribution in [-0.2, 0) is 4.79 Å². The lowest BCUT2D eigenvalue weighted by molar-refractivity contribution is -0.113. The summed E-state index contributed by atoms with van der Waals surface area (Å²) in [6, 6.07) is 5.48. The number of hydrogen-bond donors (Lipinski definition) is 2. The number of carbonyl (C=O) groups is 1. The number of nitrogens with zero attached hydrogens (tertiary/aromatic N) is 3. The Hall–Kier alpha value is -1.71. The molecular formula is C12H11N5OS3. The number of nitrogen functional groups attached to an aromatic ring is 1. The second-order valence-corrected chi connectivity index (χ2v) is 7.60. The number of fused-ring (bicyclic) bond motifs is 1. The first kappa shape index (κ1) is 14.2. The Morgan fingerprint density at radius 3 is 3.00 bits per heavy atom. The lowest BCUT2D eigenvalue weighted by Gasteiger charge is -1.98. The van der Waals surface area contributed by atoms with Gasteiger partial charge in [0.25, 0.3) is 0 Å². The van der Waals surface area contributed by atoms with E-state index in [4.69, 9.17) is 5.73 Å². The van der Waals surface area contributed by atoms with Crippen LogP contribution in [-0.4, -0.2) is 26.8 Å². The minimum atomic E-state index is -0.111. The molecule has 6 nitrogen and oxygen atoms in total. The van der Waals surface area contributed by atoms with Crippen LogP contribution in [0.3, 0.4) is 0 Å². The molecule has 0 fully saturated rings. The Bertz CT molecular complexity index is 797. The number of carbonyl (C=O) groups excluding carboxylic acids is 1. The Morgan fingerprint density at radius 1 is 1.38 bits per heavy atom. The number of nitrogens with one attached hydrogen (secondary N) is 1. The minimum Gasteiger partial charge on any atom is -0.399 e. The fraction of sp³-hybridized carbons (Fsp3) is 0.167. The zero-order chi connectivity index (χ0) is 14.8. The molecule has 0 atom stereocenters. The summed E-state index contributed by atoms with van der Waals surface area (Å²) in [6.07, 6.45) is 0. The fourth-order valence-corrected chi connectivity index (χ4v) is 4.16. The van der Waals surface area contributed by atoms with Gasteiger partial charge < -0.3 is 11.1 Å². The summed E-state index contributed by atoms with van der Waals surface area (Å²) in [4.78, 5) is 16.3. The molecule has 21 heavy (non-hydrogen) atoms. The molecule has 0 saturated carbocycles. The summed E-state index contributed by atoms with van der Waals surface area (Å²) in [5.74, 6) is 0.173. The van der Waals surface area contributed by atoms with Crippen LogP contribution in [0.15, 0.2) is 22.5 Å². The van der Waals surface area contributed by atoms with Crippen molar-refractivity contribution in [2.45, 2.75) is 11.3 Å². The summed E-state index contributed by atoms with van der Waals surface area (Å²) in [5, 5.41) is 12.1. The molecule has 0 radical (unpaired) electrons. The first-order chi connectivity index (χ1) is 10.1. The number of nitrogens with two attached hydrogens (primary N) is 1. The number of hydrogen-bond acceptors (Lipinski definition) is 8. The van der Waals surface area contributed by atoms with Crippen LogP contribution < -0.4 is 11.1 Å². The van der Waals surface area contributed by atoms with Gasteiger partial charge in [-0.05, 0) is 25.1 Å². The monoisotopic (exact) mass is 337 g/mol. The van der Waals surface area contributed by atoms with Gasteiger partial charge in [-0.3, -0.25) is 4.79 Å². The molecule has 108 valence electrons. The van der Waals surface area contributed by atoms with E-state index >= 15 is 0 Å². The van der Waals surface area contributed by atoms with Gasteiger partial charge in [-0.2, -0.15) is 0 Å². The number of thiazole rings is 1. The van der Waals surface area contributed by atoms with Crippen LogP contribution in [0, 0.1) is 6.92 Å².